The van der Waals surface area contributed by atoms with Gasteiger partial charge in [0.05, 0.1) is 25.4 Å². The molecule has 0 radical (unpaired) electrons. The number of rotatable bonds is 58. The van der Waals surface area contributed by atoms with E-state index < -0.39 is 12.1 Å². The van der Waals surface area contributed by atoms with Crippen molar-refractivity contribution < 1.29 is 24.5 Å². The van der Waals surface area contributed by atoms with Gasteiger partial charge in [0.15, 0.2) is 0 Å². The van der Waals surface area contributed by atoms with Gasteiger partial charge in [-0.25, -0.2) is 0 Å². The van der Waals surface area contributed by atoms with E-state index in [0.29, 0.717) is 19.4 Å². The van der Waals surface area contributed by atoms with Gasteiger partial charge in [0.1, 0.15) is 0 Å². The maximum Gasteiger partial charge on any atom is 0.305 e. The Hall–Kier alpha value is -1.92. The van der Waals surface area contributed by atoms with Crippen LogP contribution in [0.1, 0.15) is 335 Å². The van der Waals surface area contributed by atoms with Crippen LogP contribution in [-0.2, 0) is 14.3 Å². The van der Waals surface area contributed by atoms with Crippen molar-refractivity contribution in [3.05, 3.63) is 36.5 Å². The zero-order chi connectivity index (χ0) is 50.7. The Kier molecular flexibility index (Phi) is 58.0. The van der Waals surface area contributed by atoms with Gasteiger partial charge in [0.25, 0.3) is 0 Å². The van der Waals surface area contributed by atoms with Crippen LogP contribution in [0.5, 0.6) is 0 Å². The molecule has 0 rings (SSSR count). The number of nitrogens with one attached hydrogen (secondary N) is 1. The summed E-state index contributed by atoms with van der Waals surface area (Å²) in [5.41, 5.74) is 0. The maximum atomic E-state index is 12.5. The van der Waals surface area contributed by atoms with E-state index in [2.05, 4.69) is 43.5 Å². The molecular formula is C64H121NO5. The lowest BCUT2D eigenvalue weighted by atomic mass is 10.0. The van der Waals surface area contributed by atoms with Crippen LogP contribution in [0.4, 0.5) is 0 Å². The molecule has 6 heteroatoms. The van der Waals surface area contributed by atoms with Gasteiger partial charge in [0, 0.05) is 12.8 Å². The minimum Gasteiger partial charge on any atom is -0.466 e. The number of esters is 1. The summed E-state index contributed by atoms with van der Waals surface area (Å²) in [7, 11) is 0. The predicted molar refractivity (Wildman–Crippen MR) is 306 cm³/mol. The average molecular weight is 985 g/mol. The van der Waals surface area contributed by atoms with Crippen LogP contribution in [0, 0.1) is 0 Å². The van der Waals surface area contributed by atoms with Crippen molar-refractivity contribution >= 4 is 11.9 Å². The Bertz CT molecular complexity index is 1130. The molecule has 0 saturated heterocycles. The van der Waals surface area contributed by atoms with Crippen LogP contribution < -0.4 is 5.32 Å². The molecule has 0 aromatic heterocycles. The van der Waals surface area contributed by atoms with Crippen LogP contribution in [0.3, 0.4) is 0 Å². The molecule has 70 heavy (non-hydrogen) atoms. The van der Waals surface area contributed by atoms with Crippen LogP contribution in [0.15, 0.2) is 36.5 Å². The number of ether oxygens (including phenoxy) is 1. The molecule has 0 aliphatic heterocycles. The summed E-state index contributed by atoms with van der Waals surface area (Å²) < 4.78 is 5.49. The van der Waals surface area contributed by atoms with Crippen molar-refractivity contribution in [3.63, 3.8) is 0 Å². The maximum absolute atomic E-state index is 12.5. The first-order valence-electron chi connectivity index (χ1n) is 31.3. The lowest BCUT2D eigenvalue weighted by Crippen LogP contribution is -2.45. The highest BCUT2D eigenvalue weighted by atomic mass is 16.5. The molecule has 412 valence electrons. The Morgan fingerprint density at radius 2 is 0.714 bits per heavy atom. The lowest BCUT2D eigenvalue weighted by Gasteiger charge is -2.20. The number of hydrogen-bond donors (Lipinski definition) is 3. The quantitative estimate of drug-likeness (QED) is 0.0321. The second-order valence-corrected chi connectivity index (χ2v) is 21.4. The average Bonchev–Trinajstić information content (AvgIpc) is 3.36. The Morgan fingerprint density at radius 1 is 0.400 bits per heavy atom. The SMILES string of the molecule is CCCCC/C=C\C/C=C\CCCCCCCCCCCC(=O)OCCCCCCCCCCCCCCCCCC(=O)NC(CO)C(O)/C=C/CCCCCCCCCCCCCCCCCCC. The van der Waals surface area contributed by atoms with Crippen LogP contribution in [0.25, 0.3) is 0 Å². The molecule has 0 aromatic rings. The fourth-order valence-corrected chi connectivity index (χ4v) is 9.61. The fourth-order valence-electron chi connectivity index (χ4n) is 9.61. The molecular weight excluding hydrogens is 863 g/mol. The largest absolute Gasteiger partial charge is 0.466 e. The zero-order valence-corrected chi connectivity index (χ0v) is 47.0. The van der Waals surface area contributed by atoms with Crippen molar-refractivity contribution in [3.8, 4) is 0 Å². The highest BCUT2D eigenvalue weighted by Gasteiger charge is 2.18. The molecule has 0 aromatic carbocycles. The van der Waals surface area contributed by atoms with Gasteiger partial charge in [-0.2, -0.15) is 0 Å². The monoisotopic (exact) mass is 984 g/mol. The van der Waals surface area contributed by atoms with Gasteiger partial charge in [0.2, 0.25) is 5.91 Å². The van der Waals surface area contributed by atoms with Gasteiger partial charge in [-0.3, -0.25) is 9.59 Å². The zero-order valence-electron chi connectivity index (χ0n) is 47.0. The van der Waals surface area contributed by atoms with Crippen molar-refractivity contribution in [1.82, 2.24) is 5.32 Å². The molecule has 2 unspecified atom stereocenters. The van der Waals surface area contributed by atoms with Crippen molar-refractivity contribution in [1.29, 1.82) is 0 Å². The molecule has 3 N–H and O–H groups in total. The second-order valence-electron chi connectivity index (χ2n) is 21.4. The minimum absolute atomic E-state index is 0.00384. The molecule has 2 atom stereocenters. The predicted octanol–water partition coefficient (Wildman–Crippen LogP) is 19.6. The van der Waals surface area contributed by atoms with E-state index >= 15 is 0 Å². The van der Waals surface area contributed by atoms with E-state index in [0.717, 1.165) is 64.2 Å². The fraction of sp³-hybridized carbons (Fsp3) is 0.875. The van der Waals surface area contributed by atoms with Gasteiger partial charge >= 0.3 is 5.97 Å². The van der Waals surface area contributed by atoms with Crippen LogP contribution >= 0.6 is 0 Å². The molecule has 0 aliphatic rings. The molecule has 0 saturated carbocycles. The number of aliphatic hydroxyl groups excluding tert-OH is 2. The van der Waals surface area contributed by atoms with Gasteiger partial charge < -0.3 is 20.3 Å². The summed E-state index contributed by atoms with van der Waals surface area (Å²) in [6, 6.07) is -0.636. The second kappa shape index (κ2) is 59.6. The van der Waals surface area contributed by atoms with Gasteiger partial charge in [-0.05, 0) is 64.2 Å². The first-order valence-corrected chi connectivity index (χ1v) is 31.3. The van der Waals surface area contributed by atoms with Crippen molar-refractivity contribution in [2.45, 2.75) is 347 Å². The highest BCUT2D eigenvalue weighted by molar-refractivity contribution is 5.76. The molecule has 0 aliphatic carbocycles. The summed E-state index contributed by atoms with van der Waals surface area (Å²) in [5.74, 6) is -0.0782. The van der Waals surface area contributed by atoms with E-state index in [1.165, 1.54) is 244 Å². The summed E-state index contributed by atoms with van der Waals surface area (Å²) in [6.07, 6.45) is 74.6. The van der Waals surface area contributed by atoms with Crippen molar-refractivity contribution in [2.75, 3.05) is 13.2 Å². The third kappa shape index (κ3) is 55.4. The highest BCUT2D eigenvalue weighted by Crippen LogP contribution is 2.17. The lowest BCUT2D eigenvalue weighted by molar-refractivity contribution is -0.143. The third-order valence-electron chi connectivity index (χ3n) is 14.4. The molecule has 6 nitrogen and oxygen atoms in total. The first-order chi connectivity index (χ1) is 34.5. The number of hydrogen-bond acceptors (Lipinski definition) is 5. The van der Waals surface area contributed by atoms with Gasteiger partial charge in [-0.1, -0.05) is 294 Å². The number of unbranched alkanes of at least 4 members (excludes halogenated alkanes) is 43. The number of carbonyl (C=O) groups is 2. The number of amides is 1. The number of carbonyl (C=O) groups excluding carboxylic acids is 2. The molecule has 0 bridgehead atoms. The smallest absolute Gasteiger partial charge is 0.305 e. The summed E-state index contributed by atoms with van der Waals surface area (Å²) in [5, 5.41) is 23.2. The summed E-state index contributed by atoms with van der Waals surface area (Å²) in [4.78, 5) is 24.6. The Morgan fingerprint density at radius 3 is 1.11 bits per heavy atom. The van der Waals surface area contributed by atoms with Crippen molar-refractivity contribution in [2.24, 2.45) is 0 Å². The van der Waals surface area contributed by atoms with E-state index in [9.17, 15) is 19.8 Å². The number of aliphatic hydroxyl groups is 2. The number of allylic oxidation sites excluding steroid dienone is 5. The van der Waals surface area contributed by atoms with E-state index in [4.69, 9.17) is 4.74 Å². The standard InChI is InChI=1S/C64H121NO5/c1-3-5-7-9-11-13-15-17-19-21-23-25-28-32-36-40-44-48-52-56-62(67)61(60-66)65-63(68)57-53-49-45-41-37-33-29-27-31-35-39-43-47-51-55-59-70-64(69)58-54-50-46-42-38-34-30-26-24-22-20-18-16-14-12-10-8-6-4-2/h12,14,18,20,52,56,61-62,66-67H,3-11,13,15-17,19,21-51,53-55,57-60H2,1-2H3,(H,65,68)/b14-12-,20-18-,56-52+. The molecule has 0 heterocycles. The minimum atomic E-state index is -0.851. The Balaban J connectivity index is 3.45. The van der Waals surface area contributed by atoms with E-state index in [-0.39, 0.29) is 18.5 Å². The molecule has 0 fully saturated rings. The first kappa shape index (κ1) is 68.1. The Labute approximate surface area is 436 Å². The topological polar surface area (TPSA) is 95.9 Å². The summed E-state index contributed by atoms with van der Waals surface area (Å²) >= 11 is 0. The van der Waals surface area contributed by atoms with E-state index in [1.807, 2.05) is 6.08 Å². The van der Waals surface area contributed by atoms with E-state index in [1.54, 1.807) is 6.08 Å². The molecule has 1 amide bonds. The molecule has 0 spiro atoms. The third-order valence-corrected chi connectivity index (χ3v) is 14.4. The van der Waals surface area contributed by atoms with Crippen LogP contribution in [0.2, 0.25) is 0 Å². The normalized spacial score (nSPS) is 12.8. The summed E-state index contributed by atoms with van der Waals surface area (Å²) in [6.45, 7) is 4.88. The van der Waals surface area contributed by atoms with Gasteiger partial charge in [-0.15, -0.1) is 0 Å². The van der Waals surface area contributed by atoms with Crippen LogP contribution in [-0.4, -0.2) is 47.4 Å².